The number of phenolic OH excluding ortho intramolecular Hbond substituents is 2. The van der Waals surface area contributed by atoms with Crippen LogP contribution in [0.15, 0.2) is 42.5 Å². The molecule has 0 aromatic heterocycles. The molecule has 0 amide bonds. The number of aromatic hydroxyl groups is 2. The van der Waals surface area contributed by atoms with E-state index < -0.39 is 0 Å². The maximum atomic E-state index is 12.2. The number of carbonyl (C=O) groups excluding carboxylic acids is 1. The number of hydrogen-bond acceptors (Lipinski definition) is 4. The first kappa shape index (κ1) is 17.6. The third-order valence-corrected chi connectivity index (χ3v) is 3.65. The van der Waals surface area contributed by atoms with Crippen LogP contribution < -0.4 is 4.74 Å². The quantitative estimate of drug-likeness (QED) is 0.605. The number of phenols is 2. The second-order valence-electron chi connectivity index (χ2n) is 5.78. The molecular weight excluding hydrogens is 304 g/mol. The fourth-order valence-electron chi connectivity index (χ4n) is 2.36. The monoisotopic (exact) mass is 326 g/mol. The van der Waals surface area contributed by atoms with Gasteiger partial charge in [0.15, 0.2) is 5.78 Å². The molecule has 0 aliphatic heterocycles. The van der Waals surface area contributed by atoms with Gasteiger partial charge in [-0.15, -0.1) is 0 Å². The lowest BCUT2D eigenvalue weighted by Gasteiger charge is -2.14. The van der Waals surface area contributed by atoms with Crippen molar-refractivity contribution in [1.29, 1.82) is 0 Å². The summed E-state index contributed by atoms with van der Waals surface area (Å²) in [4.78, 5) is 12.2. The SMILES string of the molecule is CCOc1cc(O)c(C(C)C)cc1/C=C/C(=O)c1ccc(O)cc1. The van der Waals surface area contributed by atoms with E-state index in [1.54, 1.807) is 24.3 Å². The van der Waals surface area contributed by atoms with Gasteiger partial charge in [-0.05, 0) is 60.9 Å². The van der Waals surface area contributed by atoms with Gasteiger partial charge in [0.1, 0.15) is 17.2 Å². The zero-order valence-corrected chi connectivity index (χ0v) is 14.1. The van der Waals surface area contributed by atoms with Crippen molar-refractivity contribution in [2.24, 2.45) is 0 Å². The maximum absolute atomic E-state index is 12.2. The smallest absolute Gasteiger partial charge is 0.185 e. The highest BCUT2D eigenvalue weighted by atomic mass is 16.5. The molecule has 0 aliphatic carbocycles. The number of ketones is 1. The van der Waals surface area contributed by atoms with Gasteiger partial charge in [-0.25, -0.2) is 0 Å². The average molecular weight is 326 g/mol. The summed E-state index contributed by atoms with van der Waals surface area (Å²) in [5.74, 6) is 0.830. The van der Waals surface area contributed by atoms with Gasteiger partial charge < -0.3 is 14.9 Å². The average Bonchev–Trinajstić information content (AvgIpc) is 2.54. The van der Waals surface area contributed by atoms with Gasteiger partial charge in [0.25, 0.3) is 0 Å². The van der Waals surface area contributed by atoms with Crippen molar-refractivity contribution in [3.8, 4) is 17.2 Å². The van der Waals surface area contributed by atoms with Gasteiger partial charge in [0.2, 0.25) is 0 Å². The summed E-state index contributed by atoms with van der Waals surface area (Å²) >= 11 is 0. The predicted octanol–water partition coefficient (Wildman–Crippen LogP) is 4.52. The van der Waals surface area contributed by atoms with Gasteiger partial charge in [0, 0.05) is 17.2 Å². The Hall–Kier alpha value is -2.75. The molecule has 0 saturated carbocycles. The number of allylic oxidation sites excluding steroid dienone is 1. The zero-order chi connectivity index (χ0) is 17.7. The molecule has 2 N–H and O–H groups in total. The Morgan fingerprint density at radius 3 is 2.42 bits per heavy atom. The van der Waals surface area contributed by atoms with Crippen LogP contribution in [0.2, 0.25) is 0 Å². The minimum atomic E-state index is -0.170. The van der Waals surface area contributed by atoms with Crippen LogP contribution in [0.3, 0.4) is 0 Å². The van der Waals surface area contributed by atoms with Gasteiger partial charge in [-0.2, -0.15) is 0 Å². The van der Waals surface area contributed by atoms with E-state index in [0.717, 1.165) is 11.1 Å². The van der Waals surface area contributed by atoms with Crippen LogP contribution in [0, 0.1) is 0 Å². The van der Waals surface area contributed by atoms with Gasteiger partial charge >= 0.3 is 0 Å². The summed E-state index contributed by atoms with van der Waals surface area (Å²) in [7, 11) is 0. The molecule has 2 aromatic rings. The second-order valence-corrected chi connectivity index (χ2v) is 5.78. The maximum Gasteiger partial charge on any atom is 0.185 e. The van der Waals surface area contributed by atoms with Gasteiger partial charge in [-0.3, -0.25) is 4.79 Å². The normalized spacial score (nSPS) is 11.2. The predicted molar refractivity (Wildman–Crippen MR) is 94.8 cm³/mol. The van der Waals surface area contributed by atoms with Crippen LogP contribution in [0.4, 0.5) is 0 Å². The Bertz CT molecular complexity index is 743. The molecule has 0 atom stereocenters. The van der Waals surface area contributed by atoms with Crippen molar-refractivity contribution < 1.29 is 19.7 Å². The molecule has 0 heterocycles. The molecule has 126 valence electrons. The summed E-state index contributed by atoms with van der Waals surface area (Å²) in [6.07, 6.45) is 3.15. The highest BCUT2D eigenvalue weighted by Crippen LogP contribution is 2.33. The molecule has 0 spiro atoms. The highest BCUT2D eigenvalue weighted by molar-refractivity contribution is 6.07. The van der Waals surface area contributed by atoms with E-state index in [0.29, 0.717) is 17.9 Å². The fourth-order valence-corrected chi connectivity index (χ4v) is 2.36. The third kappa shape index (κ3) is 4.16. The molecule has 0 fully saturated rings. The van der Waals surface area contributed by atoms with Crippen LogP contribution in [-0.4, -0.2) is 22.6 Å². The number of rotatable bonds is 6. The number of benzene rings is 2. The van der Waals surface area contributed by atoms with E-state index in [1.165, 1.54) is 18.2 Å². The fraction of sp³-hybridized carbons (Fsp3) is 0.250. The van der Waals surface area contributed by atoms with E-state index >= 15 is 0 Å². The van der Waals surface area contributed by atoms with E-state index in [9.17, 15) is 15.0 Å². The molecule has 0 bridgehead atoms. The van der Waals surface area contributed by atoms with Crippen molar-refractivity contribution in [3.05, 3.63) is 59.2 Å². The Labute approximate surface area is 142 Å². The Morgan fingerprint density at radius 1 is 1.17 bits per heavy atom. The van der Waals surface area contributed by atoms with Gasteiger partial charge in [0.05, 0.1) is 6.61 Å². The molecule has 0 saturated heterocycles. The first-order valence-corrected chi connectivity index (χ1v) is 7.93. The minimum absolute atomic E-state index is 0.120. The summed E-state index contributed by atoms with van der Waals surface area (Å²) < 4.78 is 5.55. The van der Waals surface area contributed by atoms with Crippen LogP contribution in [0.25, 0.3) is 6.08 Å². The van der Waals surface area contributed by atoms with Crippen molar-refractivity contribution in [2.75, 3.05) is 6.61 Å². The molecule has 4 heteroatoms. The van der Waals surface area contributed by atoms with Gasteiger partial charge in [-0.1, -0.05) is 13.8 Å². The molecular formula is C20H22O4. The van der Waals surface area contributed by atoms with Crippen LogP contribution in [-0.2, 0) is 0 Å². The summed E-state index contributed by atoms with van der Waals surface area (Å²) in [6.45, 7) is 6.31. The highest BCUT2D eigenvalue weighted by Gasteiger charge is 2.12. The first-order valence-electron chi connectivity index (χ1n) is 7.93. The summed E-state index contributed by atoms with van der Waals surface area (Å²) in [5.41, 5.74) is 2.03. The molecule has 2 aromatic carbocycles. The first-order chi connectivity index (χ1) is 11.4. The van der Waals surface area contributed by atoms with Crippen LogP contribution in [0.1, 0.15) is 48.2 Å². The lowest BCUT2D eigenvalue weighted by atomic mass is 9.98. The summed E-state index contributed by atoms with van der Waals surface area (Å²) in [5, 5.41) is 19.4. The number of carbonyl (C=O) groups is 1. The Balaban J connectivity index is 2.34. The molecule has 0 aliphatic rings. The lowest BCUT2D eigenvalue weighted by Crippen LogP contribution is -1.98. The van der Waals surface area contributed by atoms with E-state index in [2.05, 4.69) is 0 Å². The van der Waals surface area contributed by atoms with Crippen LogP contribution in [0.5, 0.6) is 17.2 Å². The summed E-state index contributed by atoms with van der Waals surface area (Å²) in [6, 6.07) is 9.52. The Kier molecular flexibility index (Phi) is 5.64. The van der Waals surface area contributed by atoms with Crippen molar-refractivity contribution in [2.45, 2.75) is 26.7 Å². The van der Waals surface area contributed by atoms with Crippen molar-refractivity contribution >= 4 is 11.9 Å². The second kappa shape index (κ2) is 7.68. The molecule has 4 nitrogen and oxygen atoms in total. The number of hydrogen-bond donors (Lipinski definition) is 2. The molecule has 0 radical (unpaired) electrons. The van der Waals surface area contributed by atoms with E-state index in [4.69, 9.17) is 4.74 Å². The minimum Gasteiger partial charge on any atom is -0.508 e. The topological polar surface area (TPSA) is 66.8 Å². The van der Waals surface area contributed by atoms with Crippen molar-refractivity contribution in [1.82, 2.24) is 0 Å². The lowest BCUT2D eigenvalue weighted by molar-refractivity contribution is 0.104. The van der Waals surface area contributed by atoms with Crippen molar-refractivity contribution in [3.63, 3.8) is 0 Å². The zero-order valence-electron chi connectivity index (χ0n) is 14.1. The van der Waals surface area contributed by atoms with E-state index in [-0.39, 0.29) is 23.2 Å². The molecule has 2 rings (SSSR count). The molecule has 0 unspecified atom stereocenters. The standard InChI is InChI=1S/C20H22O4/c1-4-24-20-12-19(23)17(13(2)3)11-15(20)7-10-18(22)14-5-8-16(21)9-6-14/h5-13,21,23H,4H2,1-3H3/b10-7+. The Morgan fingerprint density at radius 2 is 1.83 bits per heavy atom. The third-order valence-electron chi connectivity index (χ3n) is 3.65. The van der Waals surface area contributed by atoms with E-state index in [1.807, 2.05) is 26.8 Å². The molecule has 24 heavy (non-hydrogen) atoms. The number of ether oxygens (including phenoxy) is 1. The largest absolute Gasteiger partial charge is 0.508 e. The van der Waals surface area contributed by atoms with Crippen LogP contribution >= 0.6 is 0 Å².